The lowest BCUT2D eigenvalue weighted by molar-refractivity contribution is -0.138. The fraction of sp³-hybridized carbons (Fsp3) is 0.200. The third kappa shape index (κ3) is 4.46. The number of aliphatic carboxylic acids is 1. The normalized spacial score (nSPS) is 9.67. The fourth-order valence-electron chi connectivity index (χ4n) is 1.01. The van der Waals surface area contributed by atoms with Crippen molar-refractivity contribution in [3.05, 3.63) is 29.3 Å². The molecule has 1 amide bonds. The molecule has 1 rings (SSSR count). The van der Waals surface area contributed by atoms with E-state index in [0.717, 1.165) is 0 Å². The van der Waals surface area contributed by atoms with Crippen molar-refractivity contribution < 1.29 is 14.7 Å². The van der Waals surface area contributed by atoms with E-state index in [1.165, 1.54) is 0 Å². The van der Waals surface area contributed by atoms with Gasteiger partial charge < -0.3 is 10.4 Å². The van der Waals surface area contributed by atoms with Crippen molar-refractivity contribution in [3.63, 3.8) is 0 Å². The summed E-state index contributed by atoms with van der Waals surface area (Å²) in [7, 11) is 0. The number of carboxylic acid groups (broad SMARTS) is 1. The van der Waals surface area contributed by atoms with E-state index in [-0.39, 0.29) is 18.7 Å². The van der Waals surface area contributed by atoms with Crippen LogP contribution in [0.2, 0.25) is 5.02 Å². The number of halogens is 1. The van der Waals surface area contributed by atoms with Gasteiger partial charge in [0.2, 0.25) is 5.91 Å². The topological polar surface area (TPSA) is 66.4 Å². The predicted octanol–water partition coefficient (Wildman–Crippen LogP) is 2.14. The standard InChI is InChI=1S/C10H10ClNO3/c11-7-2-1-3-8(6-7)12-9(13)4-5-10(14)15/h1-3,6H,4-5H2,(H,12,13)(H,14,15). The number of hydrogen-bond acceptors (Lipinski definition) is 2. The third-order valence-electron chi connectivity index (χ3n) is 1.67. The summed E-state index contributed by atoms with van der Waals surface area (Å²) in [6, 6.07) is 6.67. The van der Waals surface area contributed by atoms with Crippen LogP contribution in [-0.2, 0) is 9.59 Å². The van der Waals surface area contributed by atoms with Crippen molar-refractivity contribution in [1.82, 2.24) is 0 Å². The van der Waals surface area contributed by atoms with Crippen LogP contribution in [0.4, 0.5) is 5.69 Å². The molecule has 0 bridgehead atoms. The van der Waals surface area contributed by atoms with Gasteiger partial charge in [-0.2, -0.15) is 0 Å². The molecule has 0 saturated carbocycles. The number of rotatable bonds is 4. The van der Waals surface area contributed by atoms with Crippen LogP contribution in [0.1, 0.15) is 12.8 Å². The minimum Gasteiger partial charge on any atom is -0.481 e. The Kier molecular flexibility index (Phi) is 4.12. The summed E-state index contributed by atoms with van der Waals surface area (Å²) in [6.07, 6.45) is -0.214. The molecule has 0 fully saturated rings. The van der Waals surface area contributed by atoms with Crippen molar-refractivity contribution >= 4 is 29.2 Å². The average Bonchev–Trinajstić information content (AvgIpc) is 2.15. The maximum atomic E-state index is 11.2. The number of nitrogens with one attached hydrogen (secondary N) is 1. The second-order valence-electron chi connectivity index (χ2n) is 2.95. The minimum atomic E-state index is -0.990. The molecule has 15 heavy (non-hydrogen) atoms. The number of benzene rings is 1. The van der Waals surface area contributed by atoms with Crippen molar-refractivity contribution in [1.29, 1.82) is 0 Å². The summed E-state index contributed by atoms with van der Waals surface area (Å²) in [5.41, 5.74) is 0.567. The zero-order valence-electron chi connectivity index (χ0n) is 7.87. The molecule has 0 aromatic heterocycles. The summed E-state index contributed by atoms with van der Waals surface area (Å²) in [6.45, 7) is 0. The van der Waals surface area contributed by atoms with E-state index in [2.05, 4.69) is 5.32 Å². The Labute approximate surface area is 91.9 Å². The van der Waals surface area contributed by atoms with Crippen molar-refractivity contribution in [2.45, 2.75) is 12.8 Å². The van der Waals surface area contributed by atoms with Gasteiger partial charge in [-0.15, -0.1) is 0 Å². The Morgan fingerprint density at radius 3 is 2.67 bits per heavy atom. The van der Waals surface area contributed by atoms with Gasteiger partial charge in [0, 0.05) is 17.1 Å². The van der Waals surface area contributed by atoms with E-state index in [1.807, 2.05) is 0 Å². The molecule has 0 atom stereocenters. The summed E-state index contributed by atoms with van der Waals surface area (Å²) in [5.74, 6) is -1.32. The summed E-state index contributed by atoms with van der Waals surface area (Å²) in [5, 5.41) is 11.4. The molecule has 0 unspecified atom stereocenters. The Morgan fingerprint density at radius 2 is 2.07 bits per heavy atom. The molecule has 1 aromatic carbocycles. The van der Waals surface area contributed by atoms with E-state index < -0.39 is 5.97 Å². The van der Waals surface area contributed by atoms with Gasteiger partial charge in [0.05, 0.1) is 6.42 Å². The number of carbonyl (C=O) groups is 2. The molecule has 0 aliphatic heterocycles. The van der Waals surface area contributed by atoms with Crippen LogP contribution >= 0.6 is 11.6 Å². The van der Waals surface area contributed by atoms with Gasteiger partial charge >= 0.3 is 5.97 Å². The molecular formula is C10H10ClNO3. The smallest absolute Gasteiger partial charge is 0.303 e. The maximum absolute atomic E-state index is 11.2. The molecule has 0 aliphatic carbocycles. The first-order valence-corrected chi connectivity index (χ1v) is 4.73. The van der Waals surface area contributed by atoms with Crippen molar-refractivity contribution in [3.8, 4) is 0 Å². The van der Waals surface area contributed by atoms with Gasteiger partial charge in [-0.3, -0.25) is 9.59 Å². The predicted molar refractivity (Wildman–Crippen MR) is 57.0 cm³/mol. The molecule has 2 N–H and O–H groups in total. The molecule has 0 spiro atoms. The molecule has 0 radical (unpaired) electrons. The van der Waals surface area contributed by atoms with Crippen LogP contribution in [0, 0.1) is 0 Å². The fourth-order valence-corrected chi connectivity index (χ4v) is 1.20. The SMILES string of the molecule is O=C(O)CCC(=O)Nc1cccc(Cl)c1. The van der Waals surface area contributed by atoms with E-state index in [0.29, 0.717) is 10.7 Å². The summed E-state index contributed by atoms with van der Waals surface area (Å²) < 4.78 is 0. The second kappa shape index (κ2) is 5.36. The monoisotopic (exact) mass is 227 g/mol. The number of anilines is 1. The van der Waals surface area contributed by atoms with Crippen LogP contribution in [-0.4, -0.2) is 17.0 Å². The van der Waals surface area contributed by atoms with Crippen molar-refractivity contribution in [2.24, 2.45) is 0 Å². The first kappa shape index (κ1) is 11.5. The van der Waals surface area contributed by atoms with E-state index in [4.69, 9.17) is 16.7 Å². The lowest BCUT2D eigenvalue weighted by atomic mass is 10.2. The number of amides is 1. The Bertz CT molecular complexity index is 379. The van der Waals surface area contributed by atoms with Gasteiger partial charge in [-0.05, 0) is 18.2 Å². The maximum Gasteiger partial charge on any atom is 0.303 e. The number of hydrogen-bond donors (Lipinski definition) is 2. The van der Waals surface area contributed by atoms with Gasteiger partial charge in [0.25, 0.3) is 0 Å². The van der Waals surface area contributed by atoms with Crippen LogP contribution < -0.4 is 5.32 Å². The van der Waals surface area contributed by atoms with Gasteiger partial charge in [0.15, 0.2) is 0 Å². The van der Waals surface area contributed by atoms with Gasteiger partial charge in [-0.25, -0.2) is 0 Å². The van der Waals surface area contributed by atoms with E-state index in [9.17, 15) is 9.59 Å². The van der Waals surface area contributed by atoms with Crippen LogP contribution in [0.15, 0.2) is 24.3 Å². The third-order valence-corrected chi connectivity index (χ3v) is 1.91. The molecular weight excluding hydrogens is 218 g/mol. The lowest BCUT2D eigenvalue weighted by Gasteiger charge is -2.03. The highest BCUT2D eigenvalue weighted by molar-refractivity contribution is 6.30. The molecule has 0 aliphatic rings. The molecule has 4 nitrogen and oxygen atoms in total. The van der Waals surface area contributed by atoms with E-state index in [1.54, 1.807) is 24.3 Å². The van der Waals surface area contributed by atoms with Crippen LogP contribution in [0.3, 0.4) is 0 Å². The highest BCUT2D eigenvalue weighted by Crippen LogP contribution is 2.15. The van der Waals surface area contributed by atoms with Gasteiger partial charge in [0.1, 0.15) is 0 Å². The number of carboxylic acids is 1. The van der Waals surface area contributed by atoms with Gasteiger partial charge in [-0.1, -0.05) is 17.7 Å². The molecule has 80 valence electrons. The van der Waals surface area contributed by atoms with E-state index >= 15 is 0 Å². The largest absolute Gasteiger partial charge is 0.481 e. The molecule has 1 aromatic rings. The van der Waals surface area contributed by atoms with Crippen LogP contribution in [0.5, 0.6) is 0 Å². The zero-order chi connectivity index (χ0) is 11.3. The first-order chi connectivity index (χ1) is 7.08. The number of carbonyl (C=O) groups excluding carboxylic acids is 1. The molecule has 5 heteroatoms. The van der Waals surface area contributed by atoms with Crippen molar-refractivity contribution in [2.75, 3.05) is 5.32 Å². The second-order valence-corrected chi connectivity index (χ2v) is 3.39. The molecule has 0 heterocycles. The summed E-state index contributed by atoms with van der Waals surface area (Å²) >= 11 is 5.71. The quantitative estimate of drug-likeness (QED) is 0.828. The lowest BCUT2D eigenvalue weighted by Crippen LogP contribution is -2.12. The Morgan fingerprint density at radius 1 is 1.33 bits per heavy atom. The minimum absolute atomic E-state index is 0.0398. The highest BCUT2D eigenvalue weighted by Gasteiger charge is 2.05. The molecule has 0 saturated heterocycles. The first-order valence-electron chi connectivity index (χ1n) is 4.35. The zero-order valence-corrected chi connectivity index (χ0v) is 8.62. The average molecular weight is 228 g/mol. The Hall–Kier alpha value is -1.55. The van der Waals surface area contributed by atoms with Crippen LogP contribution in [0.25, 0.3) is 0 Å². The summed E-state index contributed by atoms with van der Waals surface area (Å²) in [4.78, 5) is 21.4. The highest BCUT2D eigenvalue weighted by atomic mass is 35.5. The Balaban J connectivity index is 2.48.